The van der Waals surface area contributed by atoms with Gasteiger partial charge in [0.05, 0.1) is 18.9 Å². The van der Waals surface area contributed by atoms with Crippen LogP contribution >= 0.6 is 0 Å². The number of benzene rings is 1. The summed E-state index contributed by atoms with van der Waals surface area (Å²) < 4.78 is -0.589. The molecule has 1 aliphatic heterocycles. The molecule has 0 bridgehead atoms. The average molecular weight is 385 g/mol. The highest BCUT2D eigenvalue weighted by Crippen LogP contribution is 2.32. The number of aliphatic carboxylic acids is 1. The van der Waals surface area contributed by atoms with E-state index >= 15 is 0 Å². The lowest BCUT2D eigenvalue weighted by atomic mass is 9.84. The number of carbonyl (C=O) groups is 3. The molecule has 1 heterocycles. The maximum Gasteiger partial charge on any atom is 0.392 e. The molecule has 1 aromatic carbocycles. The van der Waals surface area contributed by atoms with E-state index in [9.17, 15) is 19.5 Å². The zero-order valence-corrected chi connectivity index (χ0v) is 17.0. The zero-order valence-electron chi connectivity index (χ0n) is 17.0. The smallest absolute Gasteiger partial charge is 0.392 e. The third-order valence-corrected chi connectivity index (χ3v) is 5.37. The molecule has 6 nitrogen and oxygen atoms in total. The maximum absolute atomic E-state index is 13.3. The lowest BCUT2D eigenvalue weighted by Gasteiger charge is -2.36. The molecular weight excluding hydrogens is 356 g/mol. The van der Waals surface area contributed by atoms with Gasteiger partial charge >= 0.3 is 11.9 Å². The summed E-state index contributed by atoms with van der Waals surface area (Å²) in [7, 11) is 0. The van der Waals surface area contributed by atoms with Crippen LogP contribution in [-0.4, -0.2) is 33.8 Å². The van der Waals surface area contributed by atoms with Crippen molar-refractivity contribution in [2.75, 3.05) is 11.4 Å². The number of nitrogens with zero attached hydrogens (tertiary/aromatic N) is 2. The number of carboxylic acid groups (broad SMARTS) is 1. The number of quaternary nitrogens is 1. The Balaban J connectivity index is 2.56. The lowest BCUT2D eigenvalue weighted by molar-refractivity contribution is -0.757. The van der Waals surface area contributed by atoms with Gasteiger partial charge in [-0.15, -0.1) is 0 Å². The largest absolute Gasteiger partial charge is 0.474 e. The van der Waals surface area contributed by atoms with Crippen molar-refractivity contribution in [3.8, 4) is 0 Å². The van der Waals surface area contributed by atoms with Crippen molar-refractivity contribution in [2.24, 2.45) is 5.41 Å². The molecule has 0 spiro atoms. The van der Waals surface area contributed by atoms with Crippen molar-refractivity contribution >= 4 is 23.3 Å². The summed E-state index contributed by atoms with van der Waals surface area (Å²) in [6, 6.07) is 9.27. The number of unbranched alkanes of at least 4 members (excludes halogenated alkanes) is 1. The first kappa shape index (κ1) is 21.6. The molecule has 1 atom stereocenters. The number of amides is 1. The zero-order chi connectivity index (χ0) is 20.9. The summed E-state index contributed by atoms with van der Waals surface area (Å²) in [5.41, 5.74) is -0.189. The predicted molar refractivity (Wildman–Crippen MR) is 108 cm³/mol. The second-order valence-electron chi connectivity index (χ2n) is 7.68. The second kappa shape index (κ2) is 8.52. The van der Waals surface area contributed by atoms with Gasteiger partial charge in [-0.25, -0.2) is 9.59 Å². The summed E-state index contributed by atoms with van der Waals surface area (Å²) in [5.74, 6) is -2.45. The molecule has 150 valence electrons. The highest BCUT2D eigenvalue weighted by Gasteiger charge is 2.51. The van der Waals surface area contributed by atoms with Gasteiger partial charge in [0.15, 0.2) is 0 Å². The number of carboxylic acids is 1. The van der Waals surface area contributed by atoms with Crippen LogP contribution in [0.15, 0.2) is 54.6 Å². The van der Waals surface area contributed by atoms with Crippen LogP contribution in [0.3, 0.4) is 0 Å². The number of Topliss-reactive ketones (excluding diaryl/α,β-unsaturated/α-hetero) is 1. The topological polar surface area (TPSA) is 74.7 Å². The predicted octanol–water partition coefficient (Wildman–Crippen LogP) is 4.05. The summed E-state index contributed by atoms with van der Waals surface area (Å²) in [4.78, 5) is 40.1. The van der Waals surface area contributed by atoms with Gasteiger partial charge in [0.25, 0.3) is 5.78 Å². The van der Waals surface area contributed by atoms with E-state index in [1.807, 2.05) is 44.2 Å². The van der Waals surface area contributed by atoms with E-state index in [0.717, 1.165) is 12.1 Å². The van der Waals surface area contributed by atoms with Crippen molar-refractivity contribution in [3.05, 3.63) is 54.6 Å². The maximum atomic E-state index is 13.3. The van der Waals surface area contributed by atoms with Crippen LogP contribution in [0.2, 0.25) is 0 Å². The minimum absolute atomic E-state index is 0.120. The van der Waals surface area contributed by atoms with Gasteiger partial charge in [0, 0.05) is 11.1 Å². The van der Waals surface area contributed by atoms with Crippen molar-refractivity contribution in [1.29, 1.82) is 0 Å². The van der Waals surface area contributed by atoms with E-state index in [4.69, 9.17) is 0 Å². The Labute approximate surface area is 166 Å². The first-order chi connectivity index (χ1) is 13.2. The molecule has 1 aromatic rings. The minimum Gasteiger partial charge on any atom is -0.474 e. The Morgan fingerprint density at radius 3 is 2.29 bits per heavy atom. The van der Waals surface area contributed by atoms with Gasteiger partial charge in [0.2, 0.25) is 5.70 Å². The SMILES string of the molecule is CCCC[N+]1(C(=O)C(=O)C(C)(C)CC)C=CN(c2ccccc2)C=C1C(=O)O. The van der Waals surface area contributed by atoms with E-state index in [0.29, 0.717) is 12.8 Å². The Morgan fingerprint density at radius 2 is 1.75 bits per heavy atom. The number of rotatable bonds is 8. The van der Waals surface area contributed by atoms with Gasteiger partial charge in [-0.1, -0.05) is 52.3 Å². The van der Waals surface area contributed by atoms with Crippen molar-refractivity contribution in [2.45, 2.75) is 47.0 Å². The molecular formula is C22H29N2O4+. The fourth-order valence-electron chi connectivity index (χ4n) is 3.04. The number of hydrogen-bond acceptors (Lipinski definition) is 4. The Hall–Kier alpha value is -2.73. The molecule has 0 fully saturated rings. The van der Waals surface area contributed by atoms with Crippen LogP contribution in [0.25, 0.3) is 0 Å². The number of para-hydroxylation sites is 1. The van der Waals surface area contributed by atoms with Gasteiger partial charge in [-0.2, -0.15) is 4.48 Å². The normalized spacial score (nSPS) is 19.3. The molecule has 2 rings (SSSR count). The lowest BCUT2D eigenvalue weighted by Crippen LogP contribution is -2.57. The molecule has 28 heavy (non-hydrogen) atoms. The molecule has 6 heteroatoms. The summed E-state index contributed by atoms with van der Waals surface area (Å²) in [5, 5.41) is 9.92. The monoisotopic (exact) mass is 385 g/mol. The number of hydrogen-bond donors (Lipinski definition) is 1. The number of carbonyl (C=O) groups excluding carboxylic acids is 2. The first-order valence-electron chi connectivity index (χ1n) is 9.65. The third kappa shape index (κ3) is 4.07. The van der Waals surface area contributed by atoms with Crippen LogP contribution in [0.5, 0.6) is 0 Å². The van der Waals surface area contributed by atoms with Gasteiger partial charge in [-0.3, -0.25) is 4.79 Å². The minimum atomic E-state index is -1.21. The summed E-state index contributed by atoms with van der Waals surface area (Å²) in [6.07, 6.45) is 6.54. The number of ketones is 1. The molecule has 1 aliphatic rings. The molecule has 0 aliphatic carbocycles. The van der Waals surface area contributed by atoms with Gasteiger partial charge in [0.1, 0.15) is 6.20 Å². The molecule has 1 N–H and O–H groups in total. The van der Waals surface area contributed by atoms with Gasteiger partial charge in [-0.05, 0) is 25.0 Å². The Morgan fingerprint density at radius 1 is 1.11 bits per heavy atom. The van der Waals surface area contributed by atoms with Crippen LogP contribution in [0.4, 0.5) is 5.69 Å². The highest BCUT2D eigenvalue weighted by atomic mass is 16.4. The van der Waals surface area contributed by atoms with Crippen molar-refractivity contribution in [3.63, 3.8) is 0 Å². The van der Waals surface area contributed by atoms with E-state index in [1.165, 1.54) is 12.4 Å². The van der Waals surface area contributed by atoms with E-state index < -0.39 is 27.6 Å². The van der Waals surface area contributed by atoms with Crippen LogP contribution in [0, 0.1) is 5.41 Å². The highest BCUT2D eigenvalue weighted by molar-refractivity contribution is 6.35. The molecule has 0 saturated heterocycles. The molecule has 1 unspecified atom stereocenters. The van der Waals surface area contributed by atoms with Crippen LogP contribution in [0.1, 0.15) is 47.0 Å². The standard InChI is InChI=1S/C22H28N2O4/c1-5-7-14-24(20(26)19(25)22(3,4)6-2)15-13-23(16-18(24)21(27)28)17-11-9-8-10-12-17/h8-13,15-16H,5-7,14H2,1-4H3/p+1. The molecule has 0 aromatic heterocycles. The van der Waals surface area contributed by atoms with Crippen molar-refractivity contribution < 1.29 is 24.0 Å². The van der Waals surface area contributed by atoms with E-state index in [-0.39, 0.29) is 12.2 Å². The Kier molecular flexibility index (Phi) is 6.56. The van der Waals surface area contributed by atoms with Gasteiger partial charge < -0.3 is 10.0 Å². The third-order valence-electron chi connectivity index (χ3n) is 5.37. The summed E-state index contributed by atoms with van der Waals surface area (Å²) >= 11 is 0. The summed E-state index contributed by atoms with van der Waals surface area (Å²) in [6.45, 7) is 7.49. The molecule has 0 radical (unpaired) electrons. The second-order valence-corrected chi connectivity index (χ2v) is 7.68. The molecule has 0 saturated carbocycles. The van der Waals surface area contributed by atoms with Crippen molar-refractivity contribution in [1.82, 2.24) is 0 Å². The van der Waals surface area contributed by atoms with E-state index in [1.54, 1.807) is 24.9 Å². The first-order valence-corrected chi connectivity index (χ1v) is 9.65. The Bertz CT molecular complexity index is 811. The quantitative estimate of drug-likeness (QED) is 0.540. The molecule has 1 amide bonds. The fourth-order valence-corrected chi connectivity index (χ4v) is 3.04. The average Bonchev–Trinajstić information content (AvgIpc) is 2.71. The van der Waals surface area contributed by atoms with Crippen LogP contribution in [-0.2, 0) is 14.4 Å². The van der Waals surface area contributed by atoms with Crippen LogP contribution < -0.4 is 4.90 Å². The fraction of sp³-hybridized carbons (Fsp3) is 0.409. The van der Waals surface area contributed by atoms with E-state index in [2.05, 4.69) is 0 Å². The number of anilines is 1.